The van der Waals surface area contributed by atoms with Gasteiger partial charge in [-0.1, -0.05) is 0 Å². The van der Waals surface area contributed by atoms with E-state index in [9.17, 15) is 0 Å². The maximum Gasteiger partial charge on any atom is 0.0440 e. The molecule has 0 aliphatic heterocycles. The Morgan fingerprint density at radius 2 is 2.36 bits per heavy atom. The summed E-state index contributed by atoms with van der Waals surface area (Å²) in [6.45, 7) is 1.72. The number of hydrogen-bond donors (Lipinski definition) is 1. The molecule has 0 aromatic carbocycles. The average molecular weight is 191 g/mol. The van der Waals surface area contributed by atoms with E-state index < -0.39 is 0 Å². The molecule has 3 heteroatoms. The zero-order chi connectivity index (χ0) is 9.97. The van der Waals surface area contributed by atoms with Gasteiger partial charge in [-0.05, 0) is 24.8 Å². The van der Waals surface area contributed by atoms with Crippen LogP contribution in [0.2, 0.25) is 0 Å². The van der Waals surface area contributed by atoms with Crippen LogP contribution in [0.4, 0.5) is 5.69 Å². The zero-order valence-electron chi connectivity index (χ0n) is 8.61. The van der Waals surface area contributed by atoms with Crippen molar-refractivity contribution < 1.29 is 0 Å². The Kier molecular flexibility index (Phi) is 2.68. The van der Waals surface area contributed by atoms with Crippen molar-refractivity contribution in [3.8, 4) is 0 Å². The van der Waals surface area contributed by atoms with Gasteiger partial charge in [0.15, 0.2) is 0 Å². The van der Waals surface area contributed by atoms with Crippen molar-refractivity contribution >= 4 is 5.69 Å². The van der Waals surface area contributed by atoms with Crippen LogP contribution in [0.1, 0.15) is 18.4 Å². The third-order valence-corrected chi connectivity index (χ3v) is 2.74. The molecule has 0 spiro atoms. The molecule has 0 radical (unpaired) electrons. The molecule has 1 heterocycles. The van der Waals surface area contributed by atoms with Crippen molar-refractivity contribution in [3.63, 3.8) is 0 Å². The molecule has 0 saturated heterocycles. The van der Waals surface area contributed by atoms with E-state index in [0.29, 0.717) is 6.54 Å². The van der Waals surface area contributed by atoms with E-state index in [-0.39, 0.29) is 0 Å². The van der Waals surface area contributed by atoms with Gasteiger partial charge in [0.1, 0.15) is 0 Å². The first-order valence-corrected chi connectivity index (χ1v) is 5.15. The second kappa shape index (κ2) is 3.96. The molecule has 1 aliphatic rings. The standard InChI is InChI=1S/C11H17N3/c1-14(8-9-2-3-9)11-4-5-13-7-10(11)6-12/h4-5,7,9H,2-3,6,8,12H2,1H3. The van der Waals surface area contributed by atoms with Crippen molar-refractivity contribution in [2.45, 2.75) is 19.4 Å². The molecule has 0 amide bonds. The molecule has 3 nitrogen and oxygen atoms in total. The van der Waals surface area contributed by atoms with Crippen molar-refractivity contribution in [2.75, 3.05) is 18.5 Å². The van der Waals surface area contributed by atoms with Crippen LogP contribution in [-0.4, -0.2) is 18.6 Å². The smallest absolute Gasteiger partial charge is 0.0440 e. The molecular weight excluding hydrogens is 174 g/mol. The second-order valence-electron chi connectivity index (χ2n) is 4.03. The molecule has 0 atom stereocenters. The van der Waals surface area contributed by atoms with E-state index in [1.54, 1.807) is 0 Å². The van der Waals surface area contributed by atoms with Gasteiger partial charge in [-0.25, -0.2) is 0 Å². The summed E-state index contributed by atoms with van der Waals surface area (Å²) >= 11 is 0. The fourth-order valence-electron chi connectivity index (χ4n) is 1.74. The highest BCUT2D eigenvalue weighted by molar-refractivity contribution is 5.51. The van der Waals surface area contributed by atoms with E-state index in [4.69, 9.17) is 5.73 Å². The van der Waals surface area contributed by atoms with E-state index >= 15 is 0 Å². The quantitative estimate of drug-likeness (QED) is 0.782. The summed E-state index contributed by atoms with van der Waals surface area (Å²) < 4.78 is 0. The number of pyridine rings is 1. The Balaban J connectivity index is 2.11. The fourth-order valence-corrected chi connectivity index (χ4v) is 1.74. The molecule has 2 rings (SSSR count). The van der Waals surface area contributed by atoms with Crippen molar-refractivity contribution in [3.05, 3.63) is 24.0 Å². The molecule has 76 valence electrons. The number of aromatic nitrogens is 1. The molecule has 1 saturated carbocycles. The summed E-state index contributed by atoms with van der Waals surface area (Å²) in [4.78, 5) is 6.38. The van der Waals surface area contributed by atoms with Crippen molar-refractivity contribution in [2.24, 2.45) is 11.7 Å². The predicted molar refractivity (Wildman–Crippen MR) is 58.1 cm³/mol. The van der Waals surface area contributed by atoms with Gasteiger partial charge in [-0.15, -0.1) is 0 Å². The van der Waals surface area contributed by atoms with Gasteiger partial charge in [0.2, 0.25) is 0 Å². The third kappa shape index (κ3) is 2.04. The fraction of sp³-hybridized carbons (Fsp3) is 0.545. The molecule has 2 N–H and O–H groups in total. The Bertz CT molecular complexity index is 307. The molecule has 1 aliphatic carbocycles. The second-order valence-corrected chi connectivity index (χ2v) is 4.03. The van der Waals surface area contributed by atoms with Crippen LogP contribution in [0, 0.1) is 5.92 Å². The number of nitrogens with zero attached hydrogens (tertiary/aromatic N) is 2. The normalized spacial score (nSPS) is 15.6. The van der Waals surface area contributed by atoms with Crippen LogP contribution in [-0.2, 0) is 6.54 Å². The van der Waals surface area contributed by atoms with Crippen LogP contribution in [0.25, 0.3) is 0 Å². The van der Waals surface area contributed by atoms with E-state index in [1.165, 1.54) is 18.5 Å². The summed E-state index contributed by atoms with van der Waals surface area (Å²) in [5.74, 6) is 0.902. The lowest BCUT2D eigenvalue weighted by Crippen LogP contribution is -2.22. The minimum absolute atomic E-state index is 0.568. The van der Waals surface area contributed by atoms with Gasteiger partial charge in [0.25, 0.3) is 0 Å². The lowest BCUT2D eigenvalue weighted by atomic mass is 10.2. The lowest BCUT2D eigenvalue weighted by molar-refractivity contribution is 0.781. The number of hydrogen-bond acceptors (Lipinski definition) is 3. The van der Waals surface area contributed by atoms with Crippen molar-refractivity contribution in [1.82, 2.24) is 4.98 Å². The summed E-state index contributed by atoms with van der Waals surface area (Å²) in [6, 6.07) is 2.05. The topological polar surface area (TPSA) is 42.2 Å². The highest BCUT2D eigenvalue weighted by atomic mass is 15.1. The van der Waals surface area contributed by atoms with Gasteiger partial charge in [0.05, 0.1) is 0 Å². The maximum absolute atomic E-state index is 5.67. The van der Waals surface area contributed by atoms with Crippen LogP contribution >= 0.6 is 0 Å². The van der Waals surface area contributed by atoms with Gasteiger partial charge >= 0.3 is 0 Å². The van der Waals surface area contributed by atoms with Crippen LogP contribution in [0.15, 0.2) is 18.5 Å². The summed E-state index contributed by atoms with van der Waals surface area (Å²) in [5, 5.41) is 0. The van der Waals surface area contributed by atoms with E-state index in [0.717, 1.165) is 18.0 Å². The van der Waals surface area contributed by atoms with E-state index in [1.807, 2.05) is 18.5 Å². The molecule has 14 heavy (non-hydrogen) atoms. The van der Waals surface area contributed by atoms with Crippen LogP contribution in [0.3, 0.4) is 0 Å². The van der Waals surface area contributed by atoms with Crippen LogP contribution in [0.5, 0.6) is 0 Å². The predicted octanol–water partition coefficient (Wildman–Crippen LogP) is 1.39. The molecule has 0 bridgehead atoms. The monoisotopic (exact) mass is 191 g/mol. The summed E-state index contributed by atoms with van der Waals surface area (Å²) in [6.07, 6.45) is 6.46. The lowest BCUT2D eigenvalue weighted by Gasteiger charge is -2.21. The minimum atomic E-state index is 0.568. The Labute approximate surface area is 84.9 Å². The summed E-state index contributed by atoms with van der Waals surface area (Å²) in [5.41, 5.74) is 8.03. The SMILES string of the molecule is CN(CC1CC1)c1ccncc1CN. The van der Waals surface area contributed by atoms with Gasteiger partial charge in [0, 0.05) is 43.8 Å². The number of nitrogens with two attached hydrogens (primary N) is 1. The van der Waals surface area contributed by atoms with Crippen LogP contribution < -0.4 is 10.6 Å². The first-order chi connectivity index (χ1) is 6.81. The maximum atomic E-state index is 5.67. The van der Waals surface area contributed by atoms with Crippen molar-refractivity contribution in [1.29, 1.82) is 0 Å². The largest absolute Gasteiger partial charge is 0.374 e. The Morgan fingerprint density at radius 1 is 1.57 bits per heavy atom. The van der Waals surface area contributed by atoms with E-state index in [2.05, 4.69) is 16.9 Å². The first-order valence-electron chi connectivity index (χ1n) is 5.15. The zero-order valence-corrected chi connectivity index (χ0v) is 8.61. The summed E-state index contributed by atoms with van der Waals surface area (Å²) in [7, 11) is 2.13. The average Bonchev–Trinajstić information content (AvgIpc) is 3.01. The molecule has 0 unspecified atom stereocenters. The molecule has 1 fully saturated rings. The number of rotatable bonds is 4. The third-order valence-electron chi connectivity index (χ3n) is 2.74. The van der Waals surface area contributed by atoms with Gasteiger partial charge in [-0.2, -0.15) is 0 Å². The van der Waals surface area contributed by atoms with Gasteiger partial charge < -0.3 is 10.6 Å². The molecular formula is C11H17N3. The molecule has 1 aromatic rings. The first kappa shape index (κ1) is 9.46. The number of anilines is 1. The Morgan fingerprint density at radius 3 is 3.00 bits per heavy atom. The molecule has 1 aromatic heterocycles. The Hall–Kier alpha value is -1.09. The highest BCUT2D eigenvalue weighted by Crippen LogP contribution is 2.31. The minimum Gasteiger partial charge on any atom is -0.374 e. The highest BCUT2D eigenvalue weighted by Gasteiger charge is 2.23. The van der Waals surface area contributed by atoms with Gasteiger partial charge in [-0.3, -0.25) is 4.98 Å².